The molecule has 0 bridgehead atoms. The monoisotopic (exact) mass is 342 g/mol. The number of ether oxygens (including phenoxy) is 1. The van der Waals surface area contributed by atoms with E-state index in [-0.39, 0.29) is 5.91 Å². The van der Waals surface area contributed by atoms with Gasteiger partial charge in [-0.25, -0.2) is 0 Å². The van der Waals surface area contributed by atoms with Gasteiger partial charge in [0.25, 0.3) is 0 Å². The van der Waals surface area contributed by atoms with Crippen molar-refractivity contribution in [3.05, 3.63) is 42.0 Å². The summed E-state index contributed by atoms with van der Waals surface area (Å²) in [6.45, 7) is 4.68. The number of likely N-dealkylation sites (tertiary alicyclic amines) is 1. The summed E-state index contributed by atoms with van der Waals surface area (Å²) in [5.74, 6) is 2.44. The maximum Gasteiger partial charge on any atom is 0.226 e. The van der Waals surface area contributed by atoms with Crippen molar-refractivity contribution >= 4 is 5.91 Å². The van der Waals surface area contributed by atoms with Gasteiger partial charge in [0.1, 0.15) is 17.9 Å². The third kappa shape index (κ3) is 4.18. The minimum Gasteiger partial charge on any atom is -0.497 e. The Morgan fingerprint density at radius 3 is 2.84 bits per heavy atom. The molecule has 0 spiro atoms. The highest BCUT2D eigenvalue weighted by Crippen LogP contribution is 2.27. The topological polar surface area (TPSA) is 60.2 Å². The molecule has 1 aliphatic heterocycles. The Labute approximate surface area is 148 Å². The maximum atomic E-state index is 12.6. The van der Waals surface area contributed by atoms with E-state index in [0.717, 1.165) is 56.0 Å². The summed E-state index contributed by atoms with van der Waals surface area (Å²) in [4.78, 5) is 14.6. The van der Waals surface area contributed by atoms with Crippen molar-refractivity contribution in [2.45, 2.75) is 45.1 Å². The van der Waals surface area contributed by atoms with E-state index in [1.165, 1.54) is 0 Å². The molecule has 2 heterocycles. The fraction of sp³-hybridized carbons (Fsp3) is 0.526. The van der Waals surface area contributed by atoms with Crippen LogP contribution >= 0.6 is 0 Å². The minimum absolute atomic E-state index is 0.182. The second-order valence-corrected chi connectivity index (χ2v) is 6.57. The average Bonchev–Trinajstić information content (AvgIpc) is 3.10. The maximum absolute atomic E-state index is 12.6. The third-order valence-corrected chi connectivity index (χ3v) is 4.81. The van der Waals surface area contributed by atoms with Crippen molar-refractivity contribution in [3.8, 4) is 5.75 Å². The summed E-state index contributed by atoms with van der Waals surface area (Å²) < 4.78 is 7.38. The number of nitrogens with zero attached hydrogens (tertiary/aromatic N) is 4. The van der Waals surface area contributed by atoms with E-state index in [2.05, 4.69) is 21.7 Å². The lowest BCUT2D eigenvalue weighted by molar-refractivity contribution is -0.131. The van der Waals surface area contributed by atoms with Crippen LogP contribution in [0, 0.1) is 0 Å². The highest BCUT2D eigenvalue weighted by atomic mass is 16.5. The number of carbonyl (C=O) groups excluding carboxylic acids is 1. The number of methoxy groups -OCH3 is 1. The Hall–Kier alpha value is -2.37. The predicted octanol–water partition coefficient (Wildman–Crippen LogP) is 2.65. The van der Waals surface area contributed by atoms with Crippen LogP contribution in [0.2, 0.25) is 0 Å². The molecule has 2 aromatic rings. The van der Waals surface area contributed by atoms with E-state index >= 15 is 0 Å². The Balaban J connectivity index is 1.56. The molecule has 0 aliphatic carbocycles. The van der Waals surface area contributed by atoms with Gasteiger partial charge in [-0.1, -0.05) is 19.1 Å². The van der Waals surface area contributed by atoms with Crippen molar-refractivity contribution in [1.82, 2.24) is 19.7 Å². The van der Waals surface area contributed by atoms with Crippen molar-refractivity contribution in [1.29, 1.82) is 0 Å². The van der Waals surface area contributed by atoms with Crippen LogP contribution in [0.4, 0.5) is 0 Å². The number of aryl methyl sites for hydroxylation is 1. The number of benzene rings is 1. The van der Waals surface area contributed by atoms with Crippen LogP contribution in [0.5, 0.6) is 5.75 Å². The van der Waals surface area contributed by atoms with E-state index in [1.807, 2.05) is 35.5 Å². The van der Waals surface area contributed by atoms with Crippen LogP contribution in [0.15, 0.2) is 30.6 Å². The SMILES string of the molecule is CCCn1cnnc1C1CCN(C(=O)Cc2cccc(OC)c2)CC1. The number of piperidine rings is 1. The van der Waals surface area contributed by atoms with Crippen molar-refractivity contribution < 1.29 is 9.53 Å². The Kier molecular flexibility index (Phi) is 5.68. The van der Waals surface area contributed by atoms with Crippen LogP contribution in [-0.4, -0.2) is 45.8 Å². The summed E-state index contributed by atoms with van der Waals surface area (Å²) in [6.07, 6.45) is 5.22. The fourth-order valence-electron chi connectivity index (χ4n) is 3.45. The van der Waals surface area contributed by atoms with Crippen LogP contribution in [0.1, 0.15) is 43.5 Å². The smallest absolute Gasteiger partial charge is 0.226 e. The molecule has 6 heteroatoms. The normalized spacial score (nSPS) is 15.4. The molecule has 134 valence electrons. The standard InChI is InChI=1S/C19H26N4O2/c1-3-9-23-14-20-21-19(23)16-7-10-22(11-8-16)18(24)13-15-5-4-6-17(12-15)25-2/h4-6,12,14,16H,3,7-11,13H2,1-2H3. The van der Waals surface area contributed by atoms with Gasteiger partial charge in [-0.3, -0.25) is 4.79 Å². The molecule has 1 fully saturated rings. The zero-order valence-corrected chi connectivity index (χ0v) is 15.0. The van der Waals surface area contributed by atoms with Gasteiger partial charge in [0.2, 0.25) is 5.91 Å². The number of aromatic nitrogens is 3. The summed E-state index contributed by atoms with van der Waals surface area (Å²) in [5.41, 5.74) is 0.995. The molecule has 3 rings (SSSR count). The molecule has 0 saturated carbocycles. The van der Waals surface area contributed by atoms with E-state index in [0.29, 0.717) is 12.3 Å². The summed E-state index contributed by atoms with van der Waals surface area (Å²) in [6, 6.07) is 7.72. The molecular weight excluding hydrogens is 316 g/mol. The van der Waals surface area contributed by atoms with Crippen LogP contribution in [0.25, 0.3) is 0 Å². The first kappa shape index (κ1) is 17.5. The van der Waals surface area contributed by atoms with Gasteiger partial charge in [-0.2, -0.15) is 0 Å². The first-order valence-corrected chi connectivity index (χ1v) is 8.99. The van der Waals surface area contributed by atoms with Gasteiger partial charge in [-0.05, 0) is 37.0 Å². The lowest BCUT2D eigenvalue weighted by Gasteiger charge is -2.31. The molecule has 1 aliphatic rings. The minimum atomic E-state index is 0.182. The average molecular weight is 342 g/mol. The van der Waals surface area contributed by atoms with Crippen molar-refractivity contribution in [2.24, 2.45) is 0 Å². The molecule has 1 saturated heterocycles. The number of amides is 1. The Bertz CT molecular complexity index is 705. The Morgan fingerprint density at radius 1 is 1.32 bits per heavy atom. The quantitative estimate of drug-likeness (QED) is 0.810. The highest BCUT2D eigenvalue weighted by molar-refractivity contribution is 5.79. The molecular formula is C19H26N4O2. The van der Waals surface area contributed by atoms with Crippen molar-refractivity contribution in [3.63, 3.8) is 0 Å². The van der Waals surface area contributed by atoms with Crippen LogP contribution in [-0.2, 0) is 17.8 Å². The molecule has 1 amide bonds. The summed E-state index contributed by atoms with van der Waals surface area (Å²) in [5, 5.41) is 8.37. The second-order valence-electron chi connectivity index (χ2n) is 6.57. The molecule has 6 nitrogen and oxygen atoms in total. The lowest BCUT2D eigenvalue weighted by Crippen LogP contribution is -2.39. The molecule has 1 aromatic heterocycles. The van der Waals surface area contributed by atoms with Crippen LogP contribution in [0.3, 0.4) is 0 Å². The highest BCUT2D eigenvalue weighted by Gasteiger charge is 2.26. The van der Waals surface area contributed by atoms with Gasteiger partial charge in [0, 0.05) is 25.6 Å². The number of carbonyl (C=O) groups is 1. The van der Waals surface area contributed by atoms with Gasteiger partial charge in [0.15, 0.2) is 0 Å². The van der Waals surface area contributed by atoms with Gasteiger partial charge in [0.05, 0.1) is 13.5 Å². The van der Waals surface area contributed by atoms with Gasteiger partial charge < -0.3 is 14.2 Å². The zero-order chi connectivity index (χ0) is 17.6. The zero-order valence-electron chi connectivity index (χ0n) is 15.0. The third-order valence-electron chi connectivity index (χ3n) is 4.81. The van der Waals surface area contributed by atoms with Gasteiger partial charge in [-0.15, -0.1) is 10.2 Å². The number of hydrogen-bond acceptors (Lipinski definition) is 4. The summed E-state index contributed by atoms with van der Waals surface area (Å²) in [7, 11) is 1.64. The molecule has 0 radical (unpaired) electrons. The summed E-state index contributed by atoms with van der Waals surface area (Å²) >= 11 is 0. The number of rotatable bonds is 6. The molecule has 0 N–H and O–H groups in total. The molecule has 1 aromatic carbocycles. The number of hydrogen-bond donors (Lipinski definition) is 0. The predicted molar refractivity (Wildman–Crippen MR) is 95.6 cm³/mol. The van der Waals surface area contributed by atoms with E-state index in [1.54, 1.807) is 7.11 Å². The van der Waals surface area contributed by atoms with Crippen molar-refractivity contribution in [2.75, 3.05) is 20.2 Å². The van der Waals surface area contributed by atoms with E-state index < -0.39 is 0 Å². The largest absolute Gasteiger partial charge is 0.497 e. The first-order valence-electron chi connectivity index (χ1n) is 8.99. The first-order chi connectivity index (χ1) is 12.2. The molecule has 0 unspecified atom stereocenters. The lowest BCUT2D eigenvalue weighted by atomic mass is 9.95. The molecule has 25 heavy (non-hydrogen) atoms. The fourth-order valence-corrected chi connectivity index (χ4v) is 3.45. The Morgan fingerprint density at radius 2 is 2.12 bits per heavy atom. The van der Waals surface area contributed by atoms with Crippen LogP contribution < -0.4 is 4.74 Å². The van der Waals surface area contributed by atoms with E-state index in [9.17, 15) is 4.79 Å². The second kappa shape index (κ2) is 8.14. The van der Waals surface area contributed by atoms with Gasteiger partial charge >= 0.3 is 0 Å². The van der Waals surface area contributed by atoms with E-state index in [4.69, 9.17) is 4.74 Å². The molecule has 0 atom stereocenters.